The standard InChI is InChI=1S/C22H48N.C7H8O3S/c1-5-9-13-16-20-23(19-12-8-4,21-17-14-10-6-2)22-18-15-11-7-3;1-6-2-4-7(5-3-6)11(8,9)10/h5-22H2,1-4H3;2-5H,1H3,(H,8,9,10)/q+1;. The van der Waals surface area contributed by atoms with Crippen LogP contribution < -0.4 is 0 Å². The molecule has 0 fully saturated rings. The fraction of sp³-hybridized carbons (Fsp3) is 0.793. The molecule has 1 aromatic carbocycles. The molecule has 0 heterocycles. The first-order valence-electron chi connectivity index (χ1n) is 14.1. The van der Waals surface area contributed by atoms with E-state index in [1.165, 1.54) is 133 Å². The summed E-state index contributed by atoms with van der Waals surface area (Å²) in [5, 5.41) is 0. The maximum absolute atomic E-state index is 10.5. The summed E-state index contributed by atoms with van der Waals surface area (Å²) in [6.07, 6.45) is 19.9. The van der Waals surface area contributed by atoms with Gasteiger partial charge >= 0.3 is 0 Å². The number of hydrogen-bond donors (Lipinski definition) is 1. The lowest BCUT2D eigenvalue weighted by molar-refractivity contribution is -0.929. The Labute approximate surface area is 212 Å². The first kappa shape index (κ1) is 33.1. The van der Waals surface area contributed by atoms with Gasteiger partial charge in [-0.1, -0.05) is 90.3 Å². The molecule has 0 spiro atoms. The number of hydrogen-bond acceptors (Lipinski definition) is 2. The minimum Gasteiger partial charge on any atom is -0.324 e. The highest BCUT2D eigenvalue weighted by molar-refractivity contribution is 7.85. The van der Waals surface area contributed by atoms with E-state index in [-0.39, 0.29) is 4.90 Å². The highest BCUT2D eigenvalue weighted by Gasteiger charge is 2.25. The zero-order chi connectivity index (χ0) is 25.7. The van der Waals surface area contributed by atoms with Gasteiger partial charge in [-0.2, -0.15) is 8.42 Å². The van der Waals surface area contributed by atoms with Crippen molar-refractivity contribution in [2.75, 3.05) is 26.2 Å². The average molecular weight is 499 g/mol. The highest BCUT2D eigenvalue weighted by atomic mass is 32.2. The highest BCUT2D eigenvalue weighted by Crippen LogP contribution is 2.19. The summed E-state index contributed by atoms with van der Waals surface area (Å²) in [5.41, 5.74) is 0.956. The zero-order valence-electron chi connectivity index (χ0n) is 23.2. The van der Waals surface area contributed by atoms with Gasteiger partial charge in [0.05, 0.1) is 31.1 Å². The predicted molar refractivity (Wildman–Crippen MR) is 148 cm³/mol. The Morgan fingerprint density at radius 2 is 0.941 bits per heavy atom. The topological polar surface area (TPSA) is 54.4 Å². The van der Waals surface area contributed by atoms with Crippen LogP contribution >= 0.6 is 0 Å². The van der Waals surface area contributed by atoms with E-state index in [2.05, 4.69) is 27.7 Å². The molecule has 0 saturated heterocycles. The molecule has 0 aliphatic rings. The van der Waals surface area contributed by atoms with Crippen LogP contribution in [0.25, 0.3) is 0 Å². The Hall–Kier alpha value is -0.910. The second-order valence-electron chi connectivity index (χ2n) is 10.1. The van der Waals surface area contributed by atoms with Crippen LogP contribution in [-0.4, -0.2) is 43.6 Å². The number of nitrogens with zero attached hydrogens (tertiary/aromatic N) is 1. The third-order valence-electron chi connectivity index (χ3n) is 6.76. The molecule has 5 heteroatoms. The van der Waals surface area contributed by atoms with E-state index in [1.807, 2.05) is 6.92 Å². The summed E-state index contributed by atoms with van der Waals surface area (Å²) in [7, 11) is -4.02. The van der Waals surface area contributed by atoms with Gasteiger partial charge in [-0.05, 0) is 64.0 Å². The van der Waals surface area contributed by atoms with Crippen molar-refractivity contribution in [3.05, 3.63) is 29.8 Å². The third kappa shape index (κ3) is 16.7. The van der Waals surface area contributed by atoms with Crippen molar-refractivity contribution in [2.45, 2.75) is 129 Å². The molecule has 0 atom stereocenters. The van der Waals surface area contributed by atoms with E-state index >= 15 is 0 Å². The van der Waals surface area contributed by atoms with Gasteiger partial charge in [-0.3, -0.25) is 4.55 Å². The molecule has 0 radical (unpaired) electrons. The van der Waals surface area contributed by atoms with Gasteiger partial charge in [-0.15, -0.1) is 0 Å². The van der Waals surface area contributed by atoms with Gasteiger partial charge in [0, 0.05) is 0 Å². The third-order valence-corrected chi connectivity index (χ3v) is 7.63. The Morgan fingerprint density at radius 3 is 1.26 bits per heavy atom. The Balaban J connectivity index is 0.000000818. The molecular weight excluding hydrogens is 442 g/mol. The van der Waals surface area contributed by atoms with Crippen molar-refractivity contribution in [1.82, 2.24) is 0 Å². The van der Waals surface area contributed by atoms with E-state index in [0.717, 1.165) is 5.56 Å². The number of benzene rings is 1. The Morgan fingerprint density at radius 1 is 0.588 bits per heavy atom. The molecule has 0 saturated carbocycles. The molecular formula is C29H56NO3S+. The molecule has 0 bridgehead atoms. The molecule has 34 heavy (non-hydrogen) atoms. The Bertz CT molecular complexity index is 655. The van der Waals surface area contributed by atoms with Crippen molar-refractivity contribution in [3.63, 3.8) is 0 Å². The van der Waals surface area contributed by atoms with Gasteiger partial charge in [0.1, 0.15) is 0 Å². The maximum atomic E-state index is 10.5. The van der Waals surface area contributed by atoms with Crippen LogP contribution in [0, 0.1) is 6.92 Å². The molecule has 200 valence electrons. The molecule has 4 nitrogen and oxygen atoms in total. The molecule has 1 rings (SSSR count). The van der Waals surface area contributed by atoms with Gasteiger partial charge in [0.15, 0.2) is 0 Å². The SMILES string of the molecule is CCCCCC[N+](CCCC)(CCCCCC)CCCCCC.Cc1ccc(S(=O)(=O)O)cc1. The lowest BCUT2D eigenvalue weighted by Gasteiger charge is -2.39. The second kappa shape index (κ2) is 20.3. The molecule has 0 aromatic heterocycles. The fourth-order valence-corrected chi connectivity index (χ4v) is 4.98. The summed E-state index contributed by atoms with van der Waals surface area (Å²) < 4.78 is 31.0. The lowest BCUT2D eigenvalue weighted by atomic mass is 10.1. The number of rotatable bonds is 19. The van der Waals surface area contributed by atoms with Crippen molar-refractivity contribution in [2.24, 2.45) is 0 Å². The second-order valence-corrected chi connectivity index (χ2v) is 11.5. The van der Waals surface area contributed by atoms with E-state index in [9.17, 15) is 8.42 Å². The summed E-state index contributed by atoms with van der Waals surface area (Å²) in [5.74, 6) is 0. The smallest absolute Gasteiger partial charge is 0.294 e. The van der Waals surface area contributed by atoms with Crippen LogP contribution in [-0.2, 0) is 10.1 Å². The lowest BCUT2D eigenvalue weighted by Crippen LogP contribution is -2.50. The predicted octanol–water partition coefficient (Wildman–Crippen LogP) is 8.59. The van der Waals surface area contributed by atoms with Crippen molar-refractivity contribution < 1.29 is 17.5 Å². The van der Waals surface area contributed by atoms with Crippen LogP contribution in [0.4, 0.5) is 0 Å². The van der Waals surface area contributed by atoms with Crippen molar-refractivity contribution >= 4 is 10.1 Å². The van der Waals surface area contributed by atoms with Gasteiger partial charge in [-0.25, -0.2) is 0 Å². The van der Waals surface area contributed by atoms with Crippen LogP contribution in [0.2, 0.25) is 0 Å². The quantitative estimate of drug-likeness (QED) is 0.118. The minimum absolute atomic E-state index is 0.0666. The van der Waals surface area contributed by atoms with E-state index in [0.29, 0.717) is 0 Å². The summed E-state index contributed by atoms with van der Waals surface area (Å²) in [4.78, 5) is -0.0666. The average Bonchev–Trinajstić information content (AvgIpc) is 2.81. The largest absolute Gasteiger partial charge is 0.324 e. The molecule has 0 amide bonds. The number of unbranched alkanes of at least 4 members (excludes halogenated alkanes) is 10. The van der Waals surface area contributed by atoms with Gasteiger partial charge in [0.2, 0.25) is 0 Å². The molecule has 1 aromatic rings. The maximum Gasteiger partial charge on any atom is 0.294 e. The van der Waals surface area contributed by atoms with Crippen LogP contribution in [0.5, 0.6) is 0 Å². The minimum atomic E-state index is -4.02. The van der Waals surface area contributed by atoms with Crippen LogP contribution in [0.1, 0.15) is 123 Å². The van der Waals surface area contributed by atoms with Crippen LogP contribution in [0.3, 0.4) is 0 Å². The van der Waals surface area contributed by atoms with Crippen molar-refractivity contribution in [1.29, 1.82) is 0 Å². The first-order chi connectivity index (χ1) is 16.2. The monoisotopic (exact) mass is 498 g/mol. The van der Waals surface area contributed by atoms with Gasteiger partial charge < -0.3 is 4.48 Å². The summed E-state index contributed by atoms with van der Waals surface area (Å²) >= 11 is 0. The van der Waals surface area contributed by atoms with Crippen LogP contribution in [0.15, 0.2) is 29.2 Å². The normalized spacial score (nSPS) is 11.8. The van der Waals surface area contributed by atoms with E-state index in [1.54, 1.807) is 12.1 Å². The molecule has 1 N–H and O–H groups in total. The van der Waals surface area contributed by atoms with Gasteiger partial charge in [0.25, 0.3) is 10.1 Å². The molecule has 0 unspecified atom stereocenters. The molecule has 0 aliphatic carbocycles. The summed E-state index contributed by atoms with van der Waals surface area (Å²) in [6, 6.07) is 5.99. The van der Waals surface area contributed by atoms with Crippen molar-refractivity contribution in [3.8, 4) is 0 Å². The zero-order valence-corrected chi connectivity index (χ0v) is 24.0. The fourth-order valence-electron chi connectivity index (χ4n) is 4.50. The van der Waals surface area contributed by atoms with E-state index < -0.39 is 10.1 Å². The summed E-state index contributed by atoms with van der Waals surface area (Å²) in [6.45, 7) is 17.0. The number of quaternary nitrogens is 1. The Kier molecular flexibility index (Phi) is 19.8. The first-order valence-corrected chi connectivity index (χ1v) is 15.6. The molecule has 0 aliphatic heterocycles. The van der Waals surface area contributed by atoms with E-state index in [4.69, 9.17) is 4.55 Å². The number of aryl methyl sites for hydroxylation is 1.